The molecule has 1 amide bonds. The summed E-state index contributed by atoms with van der Waals surface area (Å²) in [4.78, 5) is 30.8. The van der Waals surface area contributed by atoms with Crippen LogP contribution in [0.15, 0.2) is 45.8 Å². The molecule has 36 heavy (non-hydrogen) atoms. The topological polar surface area (TPSA) is 98.6 Å². The number of rotatable bonds is 5. The average molecular weight is 592 g/mol. The molecule has 0 saturated carbocycles. The molecular formula is C22H18BrF4N3O5S. The van der Waals surface area contributed by atoms with Gasteiger partial charge >= 0.3 is 15.6 Å². The second-order valence-corrected chi connectivity index (χ2v) is 10.1. The number of hydrogen-bond acceptors (Lipinski definition) is 6. The molecule has 3 rings (SSSR count). The Balaban J connectivity index is 2.18. The fraction of sp³-hybridized carbons (Fsp3) is 0.227. The molecule has 14 heteroatoms. The third-order valence-corrected chi connectivity index (χ3v) is 6.71. The standard InChI is InChI=1S/C22H18BrF4N3O5S/c1-11-10-28-15(13-6-5-7-14(19(13)24)20(31)29(3)4)9-16(11)30-12(2)8-17(18(23)21(30)32)35-36(33,34)22(25,26)27/h5-10H,1-4H3. The van der Waals surface area contributed by atoms with Crippen LogP contribution in [-0.4, -0.2) is 48.4 Å². The van der Waals surface area contributed by atoms with Crippen LogP contribution in [0.25, 0.3) is 16.9 Å². The Labute approximate surface area is 211 Å². The quantitative estimate of drug-likeness (QED) is 0.248. The normalized spacial score (nSPS) is 11.9. The number of nitrogens with zero attached hydrogens (tertiary/aromatic N) is 3. The van der Waals surface area contributed by atoms with Crippen LogP contribution in [0.4, 0.5) is 17.6 Å². The second-order valence-electron chi connectivity index (χ2n) is 7.81. The van der Waals surface area contributed by atoms with Crippen LogP contribution >= 0.6 is 15.9 Å². The number of pyridine rings is 2. The predicted molar refractivity (Wildman–Crippen MR) is 126 cm³/mol. The summed E-state index contributed by atoms with van der Waals surface area (Å²) in [6, 6.07) is 6.48. The van der Waals surface area contributed by atoms with E-state index in [0.29, 0.717) is 5.56 Å². The van der Waals surface area contributed by atoms with Gasteiger partial charge in [-0.05, 0) is 53.5 Å². The highest BCUT2D eigenvalue weighted by atomic mass is 79.9. The minimum atomic E-state index is -6.02. The van der Waals surface area contributed by atoms with E-state index in [0.717, 1.165) is 10.6 Å². The van der Waals surface area contributed by atoms with Gasteiger partial charge in [-0.25, -0.2) is 4.39 Å². The van der Waals surface area contributed by atoms with Gasteiger partial charge in [0.25, 0.3) is 11.5 Å². The second kappa shape index (κ2) is 9.65. The van der Waals surface area contributed by atoms with E-state index in [-0.39, 0.29) is 28.2 Å². The van der Waals surface area contributed by atoms with Gasteiger partial charge in [0.05, 0.1) is 16.9 Å². The number of benzene rings is 1. The lowest BCUT2D eigenvalue weighted by atomic mass is 10.0. The third-order valence-electron chi connectivity index (χ3n) is 5.01. The minimum absolute atomic E-state index is 0.0211. The summed E-state index contributed by atoms with van der Waals surface area (Å²) < 4.78 is 80.9. The number of carbonyl (C=O) groups is 1. The maximum atomic E-state index is 15.2. The number of alkyl halides is 3. The predicted octanol–water partition coefficient (Wildman–Crippen LogP) is 4.35. The molecule has 0 unspecified atom stereocenters. The molecule has 0 fully saturated rings. The number of hydrogen-bond donors (Lipinski definition) is 0. The maximum Gasteiger partial charge on any atom is 0.534 e. The first-order valence-electron chi connectivity index (χ1n) is 9.97. The summed E-state index contributed by atoms with van der Waals surface area (Å²) in [7, 11) is -3.08. The smallest absolute Gasteiger partial charge is 0.375 e. The largest absolute Gasteiger partial charge is 0.534 e. The highest BCUT2D eigenvalue weighted by Crippen LogP contribution is 2.32. The van der Waals surface area contributed by atoms with E-state index in [1.165, 1.54) is 56.4 Å². The van der Waals surface area contributed by atoms with Crippen LogP contribution in [0.3, 0.4) is 0 Å². The van der Waals surface area contributed by atoms with Crippen molar-refractivity contribution >= 4 is 32.0 Å². The fourth-order valence-corrected chi connectivity index (χ4v) is 4.19. The van der Waals surface area contributed by atoms with Crippen molar-refractivity contribution in [3.8, 4) is 22.7 Å². The molecule has 3 aromatic rings. The lowest BCUT2D eigenvalue weighted by Gasteiger charge is -2.17. The number of aromatic nitrogens is 2. The van der Waals surface area contributed by atoms with Gasteiger partial charge < -0.3 is 9.08 Å². The summed E-state index contributed by atoms with van der Waals surface area (Å²) in [6.45, 7) is 2.93. The molecule has 2 aromatic heterocycles. The Morgan fingerprint density at radius 3 is 2.39 bits per heavy atom. The molecule has 0 saturated heterocycles. The number of amides is 1. The first-order chi connectivity index (χ1) is 16.6. The molecule has 0 aliphatic rings. The first kappa shape index (κ1) is 27.3. The molecule has 0 aliphatic heterocycles. The van der Waals surface area contributed by atoms with Gasteiger partial charge in [0.2, 0.25) is 0 Å². The molecule has 2 heterocycles. The minimum Gasteiger partial charge on any atom is -0.375 e. The highest BCUT2D eigenvalue weighted by molar-refractivity contribution is 9.10. The van der Waals surface area contributed by atoms with Crippen LogP contribution in [0.1, 0.15) is 21.6 Å². The van der Waals surface area contributed by atoms with E-state index in [4.69, 9.17) is 0 Å². The Morgan fingerprint density at radius 1 is 1.17 bits per heavy atom. The molecule has 0 radical (unpaired) electrons. The van der Waals surface area contributed by atoms with Crippen LogP contribution in [-0.2, 0) is 10.1 Å². The van der Waals surface area contributed by atoms with Crippen molar-refractivity contribution in [1.82, 2.24) is 14.5 Å². The van der Waals surface area contributed by atoms with E-state index < -0.39 is 43.1 Å². The lowest BCUT2D eigenvalue weighted by Crippen LogP contribution is -2.30. The van der Waals surface area contributed by atoms with Crippen molar-refractivity contribution in [2.24, 2.45) is 0 Å². The summed E-state index contributed by atoms with van der Waals surface area (Å²) >= 11 is 2.81. The molecule has 1 aromatic carbocycles. The molecule has 0 spiro atoms. The fourth-order valence-electron chi connectivity index (χ4n) is 3.24. The maximum absolute atomic E-state index is 15.2. The lowest BCUT2D eigenvalue weighted by molar-refractivity contribution is -0.0500. The van der Waals surface area contributed by atoms with Crippen LogP contribution in [0.5, 0.6) is 5.75 Å². The van der Waals surface area contributed by atoms with Crippen molar-refractivity contribution in [3.63, 3.8) is 0 Å². The van der Waals surface area contributed by atoms with Crippen LogP contribution < -0.4 is 9.74 Å². The third kappa shape index (κ3) is 5.00. The van der Waals surface area contributed by atoms with E-state index >= 15 is 4.39 Å². The van der Waals surface area contributed by atoms with Gasteiger partial charge in [-0.15, -0.1) is 0 Å². The van der Waals surface area contributed by atoms with Crippen molar-refractivity contribution in [2.45, 2.75) is 19.4 Å². The van der Waals surface area contributed by atoms with E-state index in [1.807, 2.05) is 0 Å². The molecule has 0 aliphatic carbocycles. The van der Waals surface area contributed by atoms with Crippen molar-refractivity contribution in [1.29, 1.82) is 0 Å². The van der Waals surface area contributed by atoms with Crippen molar-refractivity contribution in [2.75, 3.05) is 14.1 Å². The summed E-state index contributed by atoms with van der Waals surface area (Å²) in [6.07, 6.45) is 1.35. The monoisotopic (exact) mass is 591 g/mol. The zero-order valence-corrected chi connectivity index (χ0v) is 21.5. The molecule has 192 valence electrons. The van der Waals surface area contributed by atoms with Crippen molar-refractivity contribution in [3.05, 3.63) is 74.0 Å². The Hall–Kier alpha value is -3.26. The summed E-state index contributed by atoms with van der Waals surface area (Å²) in [5.41, 5.74) is -6.12. The number of aryl methyl sites for hydroxylation is 2. The Kier molecular flexibility index (Phi) is 7.33. The van der Waals surface area contributed by atoms with Gasteiger partial charge in [0.1, 0.15) is 10.3 Å². The van der Waals surface area contributed by atoms with Gasteiger partial charge in [-0.1, -0.05) is 6.07 Å². The van der Waals surface area contributed by atoms with Crippen LogP contribution in [0, 0.1) is 19.7 Å². The molecule has 0 atom stereocenters. The Morgan fingerprint density at radius 2 is 1.81 bits per heavy atom. The Bertz CT molecular complexity index is 1540. The molecular weight excluding hydrogens is 574 g/mol. The van der Waals surface area contributed by atoms with E-state index in [1.54, 1.807) is 6.92 Å². The van der Waals surface area contributed by atoms with Gasteiger partial charge in [-0.2, -0.15) is 21.6 Å². The molecule has 8 nitrogen and oxygen atoms in total. The molecule has 0 N–H and O–H groups in total. The molecule has 0 bridgehead atoms. The van der Waals surface area contributed by atoms with E-state index in [2.05, 4.69) is 25.1 Å². The SMILES string of the molecule is Cc1cnc(-c2cccc(C(=O)N(C)C)c2F)cc1-n1c(C)cc(OS(=O)(=O)C(F)(F)F)c(Br)c1=O. The summed E-state index contributed by atoms with van der Waals surface area (Å²) in [5.74, 6) is -2.24. The number of halogens is 5. The zero-order valence-electron chi connectivity index (χ0n) is 19.1. The number of carbonyl (C=O) groups excluding carboxylic acids is 1. The van der Waals surface area contributed by atoms with Gasteiger partial charge in [-0.3, -0.25) is 19.1 Å². The van der Waals surface area contributed by atoms with Crippen LogP contribution in [0.2, 0.25) is 0 Å². The average Bonchev–Trinajstić information content (AvgIpc) is 2.77. The van der Waals surface area contributed by atoms with Gasteiger partial charge in [0, 0.05) is 37.6 Å². The van der Waals surface area contributed by atoms with E-state index in [9.17, 15) is 31.2 Å². The highest BCUT2D eigenvalue weighted by Gasteiger charge is 2.49. The first-order valence-corrected chi connectivity index (χ1v) is 12.2. The zero-order chi connectivity index (χ0) is 27.2. The van der Waals surface area contributed by atoms with Gasteiger partial charge in [0.15, 0.2) is 5.75 Å². The van der Waals surface area contributed by atoms with Crippen molar-refractivity contribution < 1.29 is 35.0 Å². The summed E-state index contributed by atoms with van der Waals surface area (Å²) in [5, 5.41) is 0.